The van der Waals surface area contributed by atoms with Crippen LogP contribution in [0, 0.1) is 11.8 Å². The predicted octanol–water partition coefficient (Wildman–Crippen LogP) is 1.77. The fourth-order valence-corrected chi connectivity index (χ4v) is 4.63. The van der Waals surface area contributed by atoms with E-state index in [2.05, 4.69) is 0 Å². The third-order valence-electron chi connectivity index (χ3n) is 6.49. The van der Waals surface area contributed by atoms with Gasteiger partial charge in [0.25, 0.3) is 0 Å². The van der Waals surface area contributed by atoms with E-state index in [1.54, 1.807) is 0 Å². The Morgan fingerprint density at radius 3 is 2.19 bits per heavy atom. The Morgan fingerprint density at radius 1 is 0.923 bits per heavy atom. The molecule has 6 nitrogen and oxygen atoms in total. The lowest BCUT2D eigenvalue weighted by molar-refractivity contribution is -0.141. The van der Waals surface area contributed by atoms with Gasteiger partial charge in [-0.1, -0.05) is 32.1 Å². The van der Waals surface area contributed by atoms with Crippen LogP contribution in [0.4, 0.5) is 0 Å². The van der Waals surface area contributed by atoms with Crippen LogP contribution in [-0.2, 0) is 14.3 Å². The zero-order valence-corrected chi connectivity index (χ0v) is 16.0. The van der Waals surface area contributed by atoms with Crippen molar-refractivity contribution >= 4 is 11.8 Å². The fourth-order valence-electron chi connectivity index (χ4n) is 4.63. The summed E-state index contributed by atoms with van der Waals surface area (Å²) in [6.07, 6.45) is 10.0. The molecule has 0 aromatic rings. The van der Waals surface area contributed by atoms with Gasteiger partial charge in [0.05, 0.1) is 6.04 Å². The molecule has 0 aromatic heterocycles. The predicted molar refractivity (Wildman–Crippen MR) is 100 cm³/mol. The third kappa shape index (κ3) is 5.19. The van der Waals surface area contributed by atoms with Crippen LogP contribution < -0.4 is 5.73 Å². The molecular formula is C20H35N3O3. The van der Waals surface area contributed by atoms with Crippen LogP contribution in [0.3, 0.4) is 0 Å². The average molecular weight is 366 g/mol. The van der Waals surface area contributed by atoms with Crippen LogP contribution in [0.15, 0.2) is 0 Å². The quantitative estimate of drug-likeness (QED) is 0.806. The lowest BCUT2D eigenvalue weighted by Crippen LogP contribution is -2.56. The Kier molecular flexibility index (Phi) is 7.32. The maximum absolute atomic E-state index is 12.7. The van der Waals surface area contributed by atoms with E-state index in [9.17, 15) is 9.59 Å². The minimum absolute atomic E-state index is 0.0474. The van der Waals surface area contributed by atoms with E-state index in [-0.39, 0.29) is 17.7 Å². The average Bonchev–Trinajstić information content (AvgIpc) is 2.72. The van der Waals surface area contributed by atoms with Gasteiger partial charge < -0.3 is 20.3 Å². The smallest absolute Gasteiger partial charge is 0.239 e. The molecule has 3 rings (SSSR count). The van der Waals surface area contributed by atoms with Gasteiger partial charge in [-0.2, -0.15) is 0 Å². The first-order valence-electron chi connectivity index (χ1n) is 10.5. The van der Waals surface area contributed by atoms with Crippen LogP contribution in [0.25, 0.3) is 0 Å². The second-order valence-corrected chi connectivity index (χ2v) is 8.22. The van der Waals surface area contributed by atoms with Crippen molar-refractivity contribution in [3.05, 3.63) is 0 Å². The molecule has 148 valence electrons. The molecule has 1 saturated carbocycles. The molecule has 0 spiro atoms. The van der Waals surface area contributed by atoms with Gasteiger partial charge in [0.2, 0.25) is 11.8 Å². The number of nitrogens with two attached hydrogens (primary N) is 1. The molecule has 1 aliphatic carbocycles. The van der Waals surface area contributed by atoms with Gasteiger partial charge in [0.15, 0.2) is 0 Å². The Balaban J connectivity index is 1.38. The first kappa shape index (κ1) is 19.6. The summed E-state index contributed by atoms with van der Waals surface area (Å²) in [5, 5.41) is 0. The Hall–Kier alpha value is -1.14. The Labute approximate surface area is 157 Å². The standard InChI is InChI=1S/C20H35N3O3/c21-19(17-8-14-26-15-9-17)20(25)23-12-10-22(11-13-23)18(24)7-6-16-4-2-1-3-5-16/h16-17,19H,1-15,21H2. The van der Waals surface area contributed by atoms with Crippen molar-refractivity contribution in [3.8, 4) is 0 Å². The first-order chi connectivity index (χ1) is 12.6. The van der Waals surface area contributed by atoms with Gasteiger partial charge >= 0.3 is 0 Å². The minimum Gasteiger partial charge on any atom is -0.381 e. The van der Waals surface area contributed by atoms with Crippen molar-refractivity contribution in [1.29, 1.82) is 0 Å². The van der Waals surface area contributed by atoms with Crippen molar-refractivity contribution in [2.24, 2.45) is 17.6 Å². The summed E-state index contributed by atoms with van der Waals surface area (Å²) in [6.45, 7) is 3.94. The molecule has 3 aliphatic rings. The third-order valence-corrected chi connectivity index (χ3v) is 6.49. The minimum atomic E-state index is -0.424. The van der Waals surface area contributed by atoms with Crippen LogP contribution in [0.5, 0.6) is 0 Å². The van der Waals surface area contributed by atoms with Crippen LogP contribution in [0.2, 0.25) is 0 Å². The molecule has 3 fully saturated rings. The number of hydrogen-bond acceptors (Lipinski definition) is 4. The van der Waals surface area contributed by atoms with Crippen LogP contribution in [0.1, 0.15) is 57.8 Å². The number of amides is 2. The highest BCUT2D eigenvalue weighted by Crippen LogP contribution is 2.27. The highest BCUT2D eigenvalue weighted by Gasteiger charge is 2.32. The second-order valence-electron chi connectivity index (χ2n) is 8.22. The Bertz CT molecular complexity index is 465. The highest BCUT2D eigenvalue weighted by molar-refractivity contribution is 5.82. The number of ether oxygens (including phenoxy) is 1. The zero-order chi connectivity index (χ0) is 18.4. The summed E-state index contributed by atoms with van der Waals surface area (Å²) in [6, 6.07) is -0.424. The van der Waals surface area contributed by atoms with Gasteiger partial charge in [-0.25, -0.2) is 0 Å². The van der Waals surface area contributed by atoms with E-state index < -0.39 is 6.04 Å². The molecule has 1 unspecified atom stereocenters. The number of piperazine rings is 1. The maximum Gasteiger partial charge on any atom is 0.239 e. The molecule has 2 N–H and O–H groups in total. The molecule has 26 heavy (non-hydrogen) atoms. The van der Waals surface area contributed by atoms with Crippen LogP contribution in [-0.4, -0.2) is 67.0 Å². The summed E-state index contributed by atoms with van der Waals surface area (Å²) >= 11 is 0. The molecule has 1 atom stereocenters. The lowest BCUT2D eigenvalue weighted by atomic mass is 9.86. The molecule has 2 heterocycles. The molecule has 2 saturated heterocycles. The topological polar surface area (TPSA) is 75.9 Å². The van der Waals surface area contributed by atoms with Crippen LogP contribution >= 0.6 is 0 Å². The van der Waals surface area contributed by atoms with Crippen molar-refractivity contribution in [2.45, 2.75) is 63.8 Å². The van der Waals surface area contributed by atoms with E-state index in [4.69, 9.17) is 10.5 Å². The van der Waals surface area contributed by atoms with Gasteiger partial charge in [0.1, 0.15) is 0 Å². The first-order valence-corrected chi connectivity index (χ1v) is 10.5. The molecule has 0 bridgehead atoms. The lowest BCUT2D eigenvalue weighted by Gasteiger charge is -2.38. The van der Waals surface area contributed by atoms with E-state index in [1.165, 1.54) is 32.1 Å². The van der Waals surface area contributed by atoms with E-state index in [0.29, 0.717) is 45.8 Å². The van der Waals surface area contributed by atoms with Gasteiger partial charge in [-0.3, -0.25) is 9.59 Å². The second kappa shape index (κ2) is 9.70. The number of rotatable bonds is 5. The SMILES string of the molecule is NC(C(=O)N1CCN(C(=O)CCC2CCCCC2)CC1)C1CCOCC1. The van der Waals surface area contributed by atoms with Crippen molar-refractivity contribution in [2.75, 3.05) is 39.4 Å². The summed E-state index contributed by atoms with van der Waals surface area (Å²) in [5.74, 6) is 1.28. The molecule has 0 aromatic carbocycles. The summed E-state index contributed by atoms with van der Waals surface area (Å²) in [5.41, 5.74) is 6.22. The number of nitrogens with zero attached hydrogens (tertiary/aromatic N) is 2. The van der Waals surface area contributed by atoms with E-state index >= 15 is 0 Å². The highest BCUT2D eigenvalue weighted by atomic mass is 16.5. The zero-order valence-electron chi connectivity index (χ0n) is 16.0. The monoisotopic (exact) mass is 365 g/mol. The largest absolute Gasteiger partial charge is 0.381 e. The number of hydrogen-bond donors (Lipinski definition) is 1. The fraction of sp³-hybridized carbons (Fsp3) is 0.900. The molecule has 2 aliphatic heterocycles. The molecular weight excluding hydrogens is 330 g/mol. The summed E-state index contributed by atoms with van der Waals surface area (Å²) < 4.78 is 5.36. The van der Waals surface area contributed by atoms with Gasteiger partial charge in [-0.05, 0) is 31.1 Å². The van der Waals surface area contributed by atoms with Gasteiger partial charge in [0, 0.05) is 45.8 Å². The van der Waals surface area contributed by atoms with E-state index in [0.717, 1.165) is 25.2 Å². The Morgan fingerprint density at radius 2 is 1.54 bits per heavy atom. The molecule has 6 heteroatoms. The maximum atomic E-state index is 12.7. The van der Waals surface area contributed by atoms with Crippen molar-refractivity contribution in [3.63, 3.8) is 0 Å². The van der Waals surface area contributed by atoms with Crippen molar-refractivity contribution < 1.29 is 14.3 Å². The normalized spacial score (nSPS) is 24.5. The molecule has 2 amide bonds. The summed E-state index contributed by atoms with van der Waals surface area (Å²) in [4.78, 5) is 28.9. The van der Waals surface area contributed by atoms with E-state index in [1.807, 2.05) is 9.80 Å². The number of carbonyl (C=O) groups is 2. The van der Waals surface area contributed by atoms with Crippen molar-refractivity contribution in [1.82, 2.24) is 9.80 Å². The van der Waals surface area contributed by atoms with Gasteiger partial charge in [-0.15, -0.1) is 0 Å². The number of carbonyl (C=O) groups excluding carboxylic acids is 2. The summed E-state index contributed by atoms with van der Waals surface area (Å²) in [7, 11) is 0. The molecule has 0 radical (unpaired) electrons.